The predicted molar refractivity (Wildman–Crippen MR) is 111 cm³/mol. The van der Waals surface area contributed by atoms with Crippen molar-refractivity contribution in [3.8, 4) is 0 Å². The number of hydrogen-bond acceptors (Lipinski definition) is 5. The monoisotopic (exact) mass is 376 g/mol. The van der Waals surface area contributed by atoms with Gasteiger partial charge in [-0.15, -0.1) is 11.8 Å². The van der Waals surface area contributed by atoms with Gasteiger partial charge in [0.1, 0.15) is 5.48 Å². The van der Waals surface area contributed by atoms with E-state index in [1.807, 2.05) is 24.3 Å². The fourth-order valence-corrected chi connectivity index (χ4v) is 3.97. The lowest BCUT2D eigenvalue weighted by molar-refractivity contribution is 0.907. The van der Waals surface area contributed by atoms with Crippen LogP contribution in [0.15, 0.2) is 57.1 Å². The number of nitrogens with one attached hydrogen (secondary N) is 1. The van der Waals surface area contributed by atoms with Crippen LogP contribution in [0.5, 0.6) is 0 Å². The summed E-state index contributed by atoms with van der Waals surface area (Å²) in [5.41, 5.74) is 4.22. The minimum Gasteiger partial charge on any atom is -0.322 e. The molecule has 0 atom stereocenters. The average Bonchev–Trinajstić information content (AvgIpc) is 2.64. The van der Waals surface area contributed by atoms with E-state index in [1.165, 1.54) is 10.5 Å². The van der Waals surface area contributed by atoms with E-state index in [-0.39, 0.29) is 5.56 Å². The van der Waals surface area contributed by atoms with Crippen LogP contribution < -0.4 is 21.3 Å². The molecule has 136 valence electrons. The van der Waals surface area contributed by atoms with Gasteiger partial charge in [-0.05, 0) is 49.2 Å². The van der Waals surface area contributed by atoms with Gasteiger partial charge < -0.3 is 9.88 Å². The highest BCUT2D eigenvalue weighted by Crippen LogP contribution is 2.36. The number of aryl methyl sites for hydroxylation is 2. The summed E-state index contributed by atoms with van der Waals surface area (Å²) >= 11 is 1.78. The third-order valence-electron chi connectivity index (χ3n) is 4.62. The number of rotatable bonds is 4. The molecule has 1 aromatic heterocycles. The van der Waals surface area contributed by atoms with E-state index in [0.717, 1.165) is 22.7 Å². The highest BCUT2D eigenvalue weighted by Gasteiger charge is 2.23. The first-order valence-corrected chi connectivity index (χ1v) is 9.76. The molecule has 0 radical (unpaired) electrons. The van der Waals surface area contributed by atoms with E-state index >= 15 is 0 Å². The molecule has 0 saturated carbocycles. The van der Waals surface area contributed by atoms with Gasteiger partial charge >= 0.3 is 0 Å². The van der Waals surface area contributed by atoms with Crippen molar-refractivity contribution >= 4 is 35.5 Å². The molecular formula is C21H20N4OS. The molecule has 0 amide bonds. The molecular weight excluding hydrogens is 356 g/mol. The molecule has 2 heterocycles. The van der Waals surface area contributed by atoms with Gasteiger partial charge in [-0.2, -0.15) is 0 Å². The first-order valence-electron chi connectivity index (χ1n) is 8.77. The fraction of sp³-hybridized carbons (Fsp3) is 0.190. The molecule has 0 fully saturated rings. The molecule has 1 aliphatic heterocycles. The molecule has 0 aliphatic carbocycles. The van der Waals surface area contributed by atoms with Gasteiger partial charge in [0.05, 0.1) is 11.4 Å². The lowest BCUT2D eigenvalue weighted by Gasteiger charge is -2.28. The van der Waals surface area contributed by atoms with Crippen LogP contribution in [0.4, 0.5) is 17.2 Å². The highest BCUT2D eigenvalue weighted by molar-refractivity contribution is 7.99. The van der Waals surface area contributed by atoms with Crippen molar-refractivity contribution in [2.45, 2.75) is 18.7 Å². The first kappa shape index (κ1) is 17.5. The van der Waals surface area contributed by atoms with Crippen LogP contribution in [0, 0.1) is 13.8 Å². The number of hydrogen-bond donors (Lipinski definition) is 1. The van der Waals surface area contributed by atoms with Gasteiger partial charge in [-0.3, -0.25) is 4.79 Å². The van der Waals surface area contributed by atoms with E-state index in [2.05, 4.69) is 58.5 Å². The minimum absolute atomic E-state index is 0.255. The zero-order chi connectivity index (χ0) is 19.0. The number of fused-ring (bicyclic) bond motifs is 2. The molecule has 2 aromatic carbocycles. The highest BCUT2D eigenvalue weighted by atomic mass is 32.2. The molecule has 0 bridgehead atoms. The fourth-order valence-electron chi connectivity index (χ4n) is 3.11. The van der Waals surface area contributed by atoms with Crippen LogP contribution in [0.2, 0.25) is 0 Å². The van der Waals surface area contributed by atoms with Crippen molar-refractivity contribution in [3.05, 3.63) is 74.8 Å². The van der Waals surface area contributed by atoms with Crippen LogP contribution >= 0.6 is 11.8 Å². The van der Waals surface area contributed by atoms with Crippen molar-refractivity contribution in [3.63, 3.8) is 0 Å². The van der Waals surface area contributed by atoms with Gasteiger partial charge in [0, 0.05) is 17.2 Å². The molecule has 6 heteroatoms. The molecule has 27 heavy (non-hydrogen) atoms. The Labute approximate surface area is 161 Å². The summed E-state index contributed by atoms with van der Waals surface area (Å²) in [5.74, 6) is 1.43. The lowest BCUT2D eigenvalue weighted by atomic mass is 10.1. The minimum atomic E-state index is -0.255. The summed E-state index contributed by atoms with van der Waals surface area (Å²) in [5, 5.41) is 0.350. The van der Waals surface area contributed by atoms with E-state index < -0.39 is 0 Å². The molecule has 1 N–H and O–H groups in total. The lowest BCUT2D eigenvalue weighted by Crippen LogP contribution is -2.43. The Kier molecular flexibility index (Phi) is 4.58. The number of thioether (sulfide) groups is 1. The third-order valence-corrected chi connectivity index (χ3v) is 5.61. The van der Waals surface area contributed by atoms with E-state index in [1.54, 1.807) is 11.8 Å². The van der Waals surface area contributed by atoms with Crippen LogP contribution in [0.25, 0.3) is 6.58 Å². The van der Waals surface area contributed by atoms with Gasteiger partial charge in [0.2, 0.25) is 0 Å². The van der Waals surface area contributed by atoms with E-state index in [0.29, 0.717) is 23.2 Å². The standard InChI is InChI=1S/C21H20N4OS/c1-13-11-17-18(12-14(13)2)25(9-10-27-16-7-5-4-6-8-16)20-19(24-17)21(26)23-15(3)22-20/h4-8,11-12H,3,9-10H2,1-2H3,(H,23,26). The van der Waals surface area contributed by atoms with Crippen molar-refractivity contribution in [1.82, 2.24) is 9.97 Å². The topological polar surface area (TPSA) is 61.4 Å². The van der Waals surface area contributed by atoms with Gasteiger partial charge in [-0.25, -0.2) is 9.98 Å². The van der Waals surface area contributed by atoms with Crippen LogP contribution in [-0.4, -0.2) is 22.3 Å². The van der Waals surface area contributed by atoms with E-state index in [4.69, 9.17) is 0 Å². The Balaban J connectivity index is 1.76. The number of nitrogens with zero attached hydrogens (tertiary/aromatic N) is 3. The van der Waals surface area contributed by atoms with Crippen molar-refractivity contribution in [2.24, 2.45) is 4.99 Å². The largest absolute Gasteiger partial charge is 0.322 e. The van der Waals surface area contributed by atoms with Crippen LogP contribution in [0.1, 0.15) is 11.1 Å². The molecule has 0 unspecified atom stereocenters. The second kappa shape index (κ2) is 7.04. The average molecular weight is 376 g/mol. The molecule has 3 aromatic rings. The zero-order valence-electron chi connectivity index (χ0n) is 15.3. The SMILES string of the molecule is C=c1nc2c(c(=O)[nH]1)=Nc1cc(C)c(C)cc1N2CCSc1ccccc1. The summed E-state index contributed by atoms with van der Waals surface area (Å²) < 4.78 is 0. The van der Waals surface area contributed by atoms with Crippen LogP contribution in [-0.2, 0) is 0 Å². The second-order valence-electron chi connectivity index (χ2n) is 6.53. The number of benzene rings is 2. The number of H-pyrrole nitrogens is 1. The molecule has 0 spiro atoms. The van der Waals surface area contributed by atoms with Gasteiger partial charge in [0.25, 0.3) is 5.56 Å². The maximum absolute atomic E-state index is 12.4. The van der Waals surface area contributed by atoms with Crippen molar-refractivity contribution in [1.29, 1.82) is 0 Å². The quantitative estimate of drug-likeness (QED) is 0.711. The summed E-state index contributed by atoms with van der Waals surface area (Å²) in [6.45, 7) is 8.65. The van der Waals surface area contributed by atoms with Gasteiger partial charge in [-0.1, -0.05) is 24.8 Å². The third kappa shape index (κ3) is 3.40. The zero-order valence-corrected chi connectivity index (χ0v) is 16.1. The first-order chi connectivity index (χ1) is 13.0. The number of aromatic nitrogens is 2. The molecule has 5 nitrogen and oxygen atoms in total. The molecule has 1 aliphatic rings. The van der Waals surface area contributed by atoms with Crippen molar-refractivity contribution in [2.75, 3.05) is 17.2 Å². The summed E-state index contributed by atoms with van der Waals surface area (Å²) in [7, 11) is 0. The Bertz CT molecular complexity index is 1170. The summed E-state index contributed by atoms with van der Waals surface area (Å²) in [6, 6.07) is 14.4. The van der Waals surface area contributed by atoms with Crippen LogP contribution in [0.3, 0.4) is 0 Å². The molecule has 0 saturated heterocycles. The Morgan fingerprint density at radius 3 is 2.67 bits per heavy atom. The Morgan fingerprint density at radius 1 is 1.15 bits per heavy atom. The normalized spacial score (nSPS) is 12.3. The number of anilines is 2. The smallest absolute Gasteiger partial charge is 0.279 e. The van der Waals surface area contributed by atoms with Gasteiger partial charge in [0.15, 0.2) is 11.2 Å². The van der Waals surface area contributed by atoms with E-state index in [9.17, 15) is 4.79 Å². The Hall–Kier alpha value is -2.86. The predicted octanol–water partition coefficient (Wildman–Crippen LogP) is 2.99. The maximum atomic E-state index is 12.4. The second-order valence-corrected chi connectivity index (χ2v) is 7.70. The Morgan fingerprint density at radius 2 is 1.89 bits per heavy atom. The molecule has 4 rings (SSSR count). The van der Waals surface area contributed by atoms with Crippen molar-refractivity contribution < 1.29 is 0 Å². The summed E-state index contributed by atoms with van der Waals surface area (Å²) in [4.78, 5) is 27.5. The summed E-state index contributed by atoms with van der Waals surface area (Å²) in [6.07, 6.45) is 0. The number of aromatic amines is 1. The maximum Gasteiger partial charge on any atom is 0.279 e.